The number of rotatable bonds is 6. The number of thioether (sulfide) groups is 1. The number of nitrogens with zero attached hydrogens (tertiary/aromatic N) is 1. The Balaban J connectivity index is 1.42. The minimum atomic E-state index is -0.903. The van der Waals surface area contributed by atoms with Gasteiger partial charge >= 0.3 is 0 Å². The highest BCUT2D eigenvalue weighted by atomic mass is 32.2. The molecule has 2 aromatic carbocycles. The normalized spacial score (nSPS) is 13.7. The molecule has 0 spiro atoms. The quantitative estimate of drug-likeness (QED) is 0.687. The average molecular weight is 431 g/mol. The molecule has 7 nitrogen and oxygen atoms in total. The lowest BCUT2D eigenvalue weighted by Crippen LogP contribution is -2.47. The summed E-state index contributed by atoms with van der Waals surface area (Å²) in [7, 11) is 0. The second-order valence-corrected chi connectivity index (χ2v) is 7.75. The van der Waals surface area contributed by atoms with E-state index in [1.165, 1.54) is 31.2 Å². The van der Waals surface area contributed by atoms with Crippen molar-refractivity contribution in [2.24, 2.45) is 0 Å². The van der Waals surface area contributed by atoms with Gasteiger partial charge in [-0.1, -0.05) is 12.1 Å². The van der Waals surface area contributed by atoms with E-state index in [2.05, 4.69) is 10.9 Å². The van der Waals surface area contributed by atoms with Crippen LogP contribution < -0.4 is 20.5 Å². The Morgan fingerprint density at radius 1 is 1.10 bits per heavy atom. The topological polar surface area (TPSA) is 87.7 Å². The lowest BCUT2D eigenvalue weighted by molar-refractivity contribution is -0.133. The zero-order chi connectivity index (χ0) is 21.5. The molecule has 1 aliphatic heterocycles. The molecule has 158 valence electrons. The van der Waals surface area contributed by atoms with Crippen molar-refractivity contribution in [2.45, 2.75) is 30.8 Å². The van der Waals surface area contributed by atoms with Crippen LogP contribution in [0, 0.1) is 5.82 Å². The van der Waals surface area contributed by atoms with Gasteiger partial charge in [-0.05, 0) is 43.3 Å². The molecule has 0 fully saturated rings. The Morgan fingerprint density at radius 3 is 2.60 bits per heavy atom. The van der Waals surface area contributed by atoms with Gasteiger partial charge in [0.1, 0.15) is 11.6 Å². The van der Waals surface area contributed by atoms with Crippen LogP contribution in [0.15, 0.2) is 53.4 Å². The molecule has 3 amide bonds. The number of amides is 3. The standard InChI is InChI=1S/C21H22FN3O4S/c1-14(29-16-8-6-15(22)7-9-16)21(28)24-23-19(26)10-11-20(27)25-12-13-30-18-5-3-2-4-17(18)25/h2-9,14H,10-13H2,1H3,(H,23,26)(H,24,28). The van der Waals surface area contributed by atoms with Gasteiger partial charge in [0, 0.05) is 30.0 Å². The zero-order valence-corrected chi connectivity index (χ0v) is 17.2. The van der Waals surface area contributed by atoms with E-state index in [0.717, 1.165) is 16.3 Å². The number of hydrazine groups is 1. The second kappa shape index (κ2) is 10.1. The molecule has 1 aliphatic rings. The smallest absolute Gasteiger partial charge is 0.279 e. The summed E-state index contributed by atoms with van der Waals surface area (Å²) in [5, 5.41) is 0. The van der Waals surface area contributed by atoms with E-state index in [1.54, 1.807) is 16.7 Å². The molecule has 0 bridgehead atoms. The highest BCUT2D eigenvalue weighted by molar-refractivity contribution is 7.99. The number of fused-ring (bicyclic) bond motifs is 1. The van der Waals surface area contributed by atoms with Crippen molar-refractivity contribution < 1.29 is 23.5 Å². The van der Waals surface area contributed by atoms with Gasteiger partial charge in [0.15, 0.2) is 6.10 Å². The summed E-state index contributed by atoms with van der Waals surface area (Å²) in [6.07, 6.45) is -0.930. The first-order valence-corrected chi connectivity index (χ1v) is 10.5. The van der Waals surface area contributed by atoms with Gasteiger partial charge in [-0.3, -0.25) is 25.2 Å². The van der Waals surface area contributed by atoms with Crippen LogP contribution >= 0.6 is 11.8 Å². The molecule has 0 radical (unpaired) electrons. The van der Waals surface area contributed by atoms with Gasteiger partial charge in [0.05, 0.1) is 5.69 Å². The minimum absolute atomic E-state index is 0.0301. The highest BCUT2D eigenvalue weighted by Crippen LogP contribution is 2.34. The van der Waals surface area contributed by atoms with Crippen LogP contribution in [-0.2, 0) is 14.4 Å². The molecule has 0 saturated heterocycles. The third kappa shape index (κ3) is 5.73. The first-order valence-electron chi connectivity index (χ1n) is 9.47. The van der Waals surface area contributed by atoms with Gasteiger partial charge in [0.25, 0.3) is 5.91 Å². The van der Waals surface area contributed by atoms with Crippen molar-refractivity contribution in [2.75, 3.05) is 17.2 Å². The van der Waals surface area contributed by atoms with E-state index < -0.39 is 23.7 Å². The number of nitrogens with one attached hydrogen (secondary N) is 2. The molecular formula is C21H22FN3O4S. The third-order valence-corrected chi connectivity index (χ3v) is 5.46. The van der Waals surface area contributed by atoms with E-state index in [4.69, 9.17) is 4.74 Å². The van der Waals surface area contributed by atoms with E-state index in [1.807, 2.05) is 24.3 Å². The monoisotopic (exact) mass is 431 g/mol. The number of benzene rings is 2. The van der Waals surface area contributed by atoms with Crippen molar-refractivity contribution in [3.8, 4) is 5.75 Å². The van der Waals surface area contributed by atoms with Crippen LogP contribution in [0.1, 0.15) is 19.8 Å². The first kappa shape index (κ1) is 21.6. The Kier molecular flexibility index (Phi) is 7.29. The number of hydrogen-bond donors (Lipinski definition) is 2. The fraction of sp³-hybridized carbons (Fsp3) is 0.286. The van der Waals surface area contributed by atoms with Crippen LogP contribution in [0.5, 0.6) is 5.75 Å². The Labute approximate surface area is 177 Å². The number of carbonyl (C=O) groups excluding carboxylic acids is 3. The summed E-state index contributed by atoms with van der Waals surface area (Å²) >= 11 is 1.70. The lowest BCUT2D eigenvalue weighted by Gasteiger charge is -2.29. The fourth-order valence-corrected chi connectivity index (χ4v) is 3.84. The number of para-hydroxylation sites is 1. The van der Waals surface area contributed by atoms with Crippen LogP contribution in [0.3, 0.4) is 0 Å². The molecular weight excluding hydrogens is 409 g/mol. The molecule has 9 heteroatoms. The molecule has 0 aromatic heterocycles. The van der Waals surface area contributed by atoms with Gasteiger partial charge in [-0.15, -0.1) is 11.8 Å². The molecule has 2 N–H and O–H groups in total. The Morgan fingerprint density at radius 2 is 1.83 bits per heavy atom. The number of anilines is 1. The summed E-state index contributed by atoms with van der Waals surface area (Å²) in [5.41, 5.74) is 5.41. The van der Waals surface area contributed by atoms with Crippen LogP contribution in [0.2, 0.25) is 0 Å². The Bertz CT molecular complexity index is 923. The van der Waals surface area contributed by atoms with Gasteiger partial charge in [-0.2, -0.15) is 0 Å². The van der Waals surface area contributed by atoms with Gasteiger partial charge in [-0.25, -0.2) is 4.39 Å². The first-order chi connectivity index (χ1) is 14.4. The number of hydrogen-bond acceptors (Lipinski definition) is 5. The largest absolute Gasteiger partial charge is 0.481 e. The third-order valence-electron chi connectivity index (χ3n) is 4.42. The van der Waals surface area contributed by atoms with E-state index in [0.29, 0.717) is 12.3 Å². The highest BCUT2D eigenvalue weighted by Gasteiger charge is 2.23. The molecule has 1 atom stereocenters. The molecule has 1 heterocycles. The lowest BCUT2D eigenvalue weighted by atomic mass is 10.2. The van der Waals surface area contributed by atoms with Gasteiger partial charge < -0.3 is 9.64 Å². The molecule has 3 rings (SSSR count). The Hall–Kier alpha value is -3.07. The van der Waals surface area contributed by atoms with Crippen molar-refractivity contribution in [1.29, 1.82) is 0 Å². The van der Waals surface area contributed by atoms with Crippen molar-refractivity contribution in [1.82, 2.24) is 10.9 Å². The predicted molar refractivity (Wildman–Crippen MR) is 112 cm³/mol. The van der Waals surface area contributed by atoms with Gasteiger partial charge in [0.2, 0.25) is 11.8 Å². The molecule has 2 aromatic rings. The summed E-state index contributed by atoms with van der Waals surface area (Å²) in [6, 6.07) is 12.9. The summed E-state index contributed by atoms with van der Waals surface area (Å²) in [6.45, 7) is 2.09. The molecule has 30 heavy (non-hydrogen) atoms. The van der Waals surface area contributed by atoms with Crippen LogP contribution in [0.25, 0.3) is 0 Å². The molecule has 1 unspecified atom stereocenters. The van der Waals surface area contributed by atoms with Crippen molar-refractivity contribution >= 4 is 35.2 Å². The van der Waals surface area contributed by atoms with Crippen molar-refractivity contribution in [3.05, 3.63) is 54.3 Å². The molecule has 0 aliphatic carbocycles. The number of halogens is 1. The predicted octanol–water partition coefficient (Wildman–Crippen LogP) is 2.66. The second-order valence-electron chi connectivity index (χ2n) is 6.61. The van der Waals surface area contributed by atoms with Crippen molar-refractivity contribution in [3.63, 3.8) is 0 Å². The SMILES string of the molecule is CC(Oc1ccc(F)cc1)C(=O)NNC(=O)CCC(=O)N1CCSc2ccccc21. The fourth-order valence-electron chi connectivity index (χ4n) is 2.85. The maximum absolute atomic E-state index is 12.9. The van der Waals surface area contributed by atoms with Crippen LogP contribution in [0.4, 0.5) is 10.1 Å². The molecule has 0 saturated carbocycles. The zero-order valence-electron chi connectivity index (χ0n) is 16.4. The van der Waals surface area contributed by atoms with Crippen LogP contribution in [-0.4, -0.2) is 36.1 Å². The number of ether oxygens (including phenoxy) is 1. The summed E-state index contributed by atoms with van der Waals surface area (Å²) in [4.78, 5) is 39.3. The maximum atomic E-state index is 12.9. The van der Waals surface area contributed by atoms with E-state index >= 15 is 0 Å². The minimum Gasteiger partial charge on any atom is -0.481 e. The number of carbonyl (C=O) groups is 3. The summed E-state index contributed by atoms with van der Waals surface area (Å²) < 4.78 is 18.3. The average Bonchev–Trinajstić information content (AvgIpc) is 2.76. The van der Waals surface area contributed by atoms with E-state index in [-0.39, 0.29) is 18.7 Å². The summed E-state index contributed by atoms with van der Waals surface area (Å²) in [5.74, 6) is -0.468. The maximum Gasteiger partial charge on any atom is 0.279 e. The van der Waals surface area contributed by atoms with E-state index in [9.17, 15) is 18.8 Å².